The summed E-state index contributed by atoms with van der Waals surface area (Å²) in [5, 5.41) is 8.70. The Hall–Kier alpha value is -2.01. The Labute approximate surface area is 89.4 Å². The van der Waals surface area contributed by atoms with Gasteiger partial charge in [-0.2, -0.15) is 5.26 Å². The minimum Gasteiger partial charge on any atom is -0.347 e. The van der Waals surface area contributed by atoms with Crippen molar-refractivity contribution in [3.8, 4) is 6.07 Å². The maximum absolute atomic E-state index is 8.70. The van der Waals surface area contributed by atoms with E-state index in [1.54, 1.807) is 0 Å². The molecule has 0 bridgehead atoms. The van der Waals surface area contributed by atoms with Crippen LogP contribution >= 0.6 is 0 Å². The van der Waals surface area contributed by atoms with E-state index >= 15 is 0 Å². The van der Waals surface area contributed by atoms with Crippen molar-refractivity contribution in [2.45, 2.75) is 13.0 Å². The molecule has 0 N–H and O–H groups in total. The summed E-state index contributed by atoms with van der Waals surface area (Å²) >= 11 is 0. The topological polar surface area (TPSA) is 28.7 Å². The van der Waals surface area contributed by atoms with E-state index in [1.165, 1.54) is 5.56 Å². The third-order valence-electron chi connectivity index (χ3n) is 2.60. The molecule has 0 saturated heterocycles. The van der Waals surface area contributed by atoms with Gasteiger partial charge in [-0.3, -0.25) is 0 Å². The summed E-state index contributed by atoms with van der Waals surface area (Å²) in [6.07, 6.45) is 4.09. The van der Waals surface area contributed by atoms with Crippen molar-refractivity contribution < 1.29 is 0 Å². The number of nitrogens with zero attached hydrogens (tertiary/aromatic N) is 2. The molecule has 0 radical (unpaired) electrons. The molecule has 2 rings (SSSR count). The van der Waals surface area contributed by atoms with Gasteiger partial charge in [-0.25, -0.2) is 0 Å². The number of hydrogen-bond donors (Lipinski definition) is 0. The van der Waals surface area contributed by atoms with E-state index in [9.17, 15) is 0 Å². The van der Waals surface area contributed by atoms with Crippen LogP contribution < -0.4 is 0 Å². The van der Waals surface area contributed by atoms with Crippen LogP contribution in [-0.2, 0) is 0 Å². The van der Waals surface area contributed by atoms with Crippen LogP contribution in [0.2, 0.25) is 0 Å². The van der Waals surface area contributed by atoms with Crippen LogP contribution in [0.3, 0.4) is 0 Å². The first-order valence-corrected chi connectivity index (χ1v) is 4.94. The van der Waals surface area contributed by atoms with Gasteiger partial charge in [0.1, 0.15) is 0 Å². The molecule has 1 atom stereocenters. The smallest absolute Gasteiger partial charge is 0.0991 e. The van der Waals surface area contributed by atoms with E-state index in [1.807, 2.05) is 48.8 Å². The summed E-state index contributed by atoms with van der Waals surface area (Å²) in [6.45, 7) is 2.14. The average molecular weight is 196 g/mol. The first kappa shape index (κ1) is 9.54. The molecule has 74 valence electrons. The summed E-state index contributed by atoms with van der Waals surface area (Å²) in [5.41, 5.74) is 1.92. The van der Waals surface area contributed by atoms with E-state index in [0.29, 0.717) is 11.6 Å². The van der Waals surface area contributed by atoms with Crippen molar-refractivity contribution in [1.29, 1.82) is 5.26 Å². The van der Waals surface area contributed by atoms with Crippen LogP contribution in [-0.4, -0.2) is 4.57 Å². The minimum atomic E-state index is 0.313. The number of rotatable bonds is 2. The highest BCUT2D eigenvalue weighted by Crippen LogP contribution is 2.17. The van der Waals surface area contributed by atoms with E-state index in [0.717, 1.165) is 0 Å². The van der Waals surface area contributed by atoms with Gasteiger partial charge in [0.25, 0.3) is 0 Å². The van der Waals surface area contributed by atoms with Crippen molar-refractivity contribution in [2.75, 3.05) is 0 Å². The Morgan fingerprint density at radius 1 is 1.13 bits per heavy atom. The molecule has 0 spiro atoms. The molecule has 2 heteroatoms. The second kappa shape index (κ2) is 4.02. The molecule has 15 heavy (non-hydrogen) atoms. The first-order chi connectivity index (χ1) is 7.31. The normalized spacial score (nSPS) is 12.0. The molecule has 2 nitrogen and oxygen atoms in total. The van der Waals surface area contributed by atoms with Gasteiger partial charge in [0.15, 0.2) is 0 Å². The lowest BCUT2D eigenvalue weighted by atomic mass is 10.1. The van der Waals surface area contributed by atoms with Crippen LogP contribution in [0.25, 0.3) is 0 Å². The lowest BCUT2D eigenvalue weighted by molar-refractivity contribution is 0.643. The van der Waals surface area contributed by atoms with E-state index in [-0.39, 0.29) is 0 Å². The fraction of sp³-hybridized carbons (Fsp3) is 0.154. The van der Waals surface area contributed by atoms with Crippen LogP contribution in [0.1, 0.15) is 24.1 Å². The lowest BCUT2D eigenvalue weighted by Gasteiger charge is -2.13. The number of aromatic nitrogens is 1. The van der Waals surface area contributed by atoms with Gasteiger partial charge in [-0.15, -0.1) is 0 Å². The molecule has 0 aliphatic carbocycles. The third kappa shape index (κ3) is 1.92. The SMILES string of the molecule is C[C@@H](c1ccc(C#N)cc1)n1cccc1. The van der Waals surface area contributed by atoms with E-state index in [2.05, 4.69) is 17.6 Å². The van der Waals surface area contributed by atoms with Gasteiger partial charge in [0.2, 0.25) is 0 Å². The van der Waals surface area contributed by atoms with Gasteiger partial charge in [0.05, 0.1) is 17.7 Å². The molecule has 1 aromatic carbocycles. The molecule has 0 unspecified atom stereocenters. The summed E-state index contributed by atoms with van der Waals surface area (Å²) in [6, 6.07) is 14.2. The molecule has 1 heterocycles. The highest BCUT2D eigenvalue weighted by Gasteiger charge is 2.05. The molecular formula is C13H12N2. The third-order valence-corrected chi connectivity index (χ3v) is 2.60. The second-order valence-electron chi connectivity index (χ2n) is 3.54. The average Bonchev–Trinajstić information content (AvgIpc) is 2.82. The van der Waals surface area contributed by atoms with Crippen molar-refractivity contribution in [3.05, 3.63) is 59.9 Å². The summed E-state index contributed by atoms with van der Waals surface area (Å²) < 4.78 is 2.14. The van der Waals surface area contributed by atoms with Crippen molar-refractivity contribution in [2.24, 2.45) is 0 Å². The maximum Gasteiger partial charge on any atom is 0.0991 e. The highest BCUT2D eigenvalue weighted by molar-refractivity contribution is 5.33. The predicted octanol–water partition coefficient (Wildman–Crippen LogP) is 2.97. The zero-order valence-corrected chi connectivity index (χ0v) is 8.59. The molecule has 0 amide bonds. The zero-order chi connectivity index (χ0) is 10.7. The van der Waals surface area contributed by atoms with Crippen molar-refractivity contribution in [3.63, 3.8) is 0 Å². The molecule has 0 saturated carbocycles. The highest BCUT2D eigenvalue weighted by atomic mass is 15.0. The van der Waals surface area contributed by atoms with Crippen LogP contribution in [0.5, 0.6) is 0 Å². The maximum atomic E-state index is 8.70. The summed E-state index contributed by atoms with van der Waals surface area (Å²) in [7, 11) is 0. The van der Waals surface area contributed by atoms with E-state index in [4.69, 9.17) is 5.26 Å². The second-order valence-corrected chi connectivity index (χ2v) is 3.54. The lowest BCUT2D eigenvalue weighted by Crippen LogP contribution is -2.03. The van der Waals surface area contributed by atoms with Crippen molar-refractivity contribution >= 4 is 0 Å². The Kier molecular flexibility index (Phi) is 2.55. The zero-order valence-electron chi connectivity index (χ0n) is 8.59. The number of benzene rings is 1. The molecule has 0 aliphatic rings. The van der Waals surface area contributed by atoms with Gasteiger partial charge in [0, 0.05) is 12.4 Å². The number of nitriles is 1. The van der Waals surface area contributed by atoms with Crippen molar-refractivity contribution in [1.82, 2.24) is 4.57 Å². The first-order valence-electron chi connectivity index (χ1n) is 4.94. The van der Waals surface area contributed by atoms with Gasteiger partial charge in [-0.1, -0.05) is 12.1 Å². The van der Waals surface area contributed by atoms with Crippen LogP contribution in [0.15, 0.2) is 48.8 Å². The molecular weight excluding hydrogens is 184 g/mol. The standard InChI is InChI=1S/C13H12N2/c1-11(15-8-2-3-9-15)13-6-4-12(10-14)5-7-13/h2-9,11H,1H3/t11-/m0/s1. The molecule has 0 aliphatic heterocycles. The monoisotopic (exact) mass is 196 g/mol. The van der Waals surface area contributed by atoms with Crippen LogP contribution in [0, 0.1) is 11.3 Å². The fourth-order valence-electron chi connectivity index (χ4n) is 1.61. The number of hydrogen-bond acceptors (Lipinski definition) is 1. The fourth-order valence-corrected chi connectivity index (χ4v) is 1.61. The molecule has 0 fully saturated rings. The van der Waals surface area contributed by atoms with Crippen LogP contribution in [0.4, 0.5) is 0 Å². The predicted molar refractivity (Wildman–Crippen MR) is 59.4 cm³/mol. The van der Waals surface area contributed by atoms with E-state index < -0.39 is 0 Å². The largest absolute Gasteiger partial charge is 0.347 e. The molecule has 1 aromatic heterocycles. The van der Waals surface area contributed by atoms with Gasteiger partial charge >= 0.3 is 0 Å². The Bertz CT molecular complexity index is 460. The Morgan fingerprint density at radius 2 is 1.73 bits per heavy atom. The minimum absolute atomic E-state index is 0.313. The quantitative estimate of drug-likeness (QED) is 0.725. The van der Waals surface area contributed by atoms with Gasteiger partial charge < -0.3 is 4.57 Å². The summed E-state index contributed by atoms with van der Waals surface area (Å²) in [5.74, 6) is 0. The summed E-state index contributed by atoms with van der Waals surface area (Å²) in [4.78, 5) is 0. The molecule has 2 aromatic rings. The Balaban J connectivity index is 2.27. The Morgan fingerprint density at radius 3 is 2.27 bits per heavy atom. The van der Waals surface area contributed by atoms with Gasteiger partial charge in [-0.05, 0) is 36.8 Å².